The SMILES string of the molecule is Cc1[nH]c2c(=O)n(C)cc(Br)c2c1-c1nnc(C2CC2)o1. The summed E-state index contributed by atoms with van der Waals surface area (Å²) < 4.78 is 8.16. The van der Waals surface area contributed by atoms with Gasteiger partial charge >= 0.3 is 0 Å². The molecule has 0 amide bonds. The number of pyridine rings is 1. The fraction of sp³-hybridized carbons (Fsp3) is 0.357. The minimum absolute atomic E-state index is 0.0792. The topological polar surface area (TPSA) is 76.7 Å². The van der Waals surface area contributed by atoms with E-state index < -0.39 is 0 Å². The summed E-state index contributed by atoms with van der Waals surface area (Å²) in [5, 5.41) is 9.07. The lowest BCUT2D eigenvalue weighted by atomic mass is 10.1. The normalized spacial score (nSPS) is 15.0. The lowest BCUT2D eigenvalue weighted by Gasteiger charge is -2.01. The van der Waals surface area contributed by atoms with Crippen molar-refractivity contribution in [3.05, 3.63) is 32.6 Å². The molecule has 0 aliphatic heterocycles. The van der Waals surface area contributed by atoms with Crippen LogP contribution < -0.4 is 5.56 Å². The highest BCUT2D eigenvalue weighted by atomic mass is 79.9. The van der Waals surface area contributed by atoms with Gasteiger partial charge in [-0.05, 0) is 35.7 Å². The maximum Gasteiger partial charge on any atom is 0.274 e. The predicted octanol–water partition coefficient (Wildman–Crippen LogP) is 2.86. The Morgan fingerprint density at radius 3 is 2.90 bits per heavy atom. The molecule has 3 heterocycles. The quantitative estimate of drug-likeness (QED) is 0.772. The number of halogens is 1. The van der Waals surface area contributed by atoms with Gasteiger partial charge in [0.05, 0.1) is 5.56 Å². The van der Waals surface area contributed by atoms with Gasteiger partial charge in [-0.15, -0.1) is 10.2 Å². The summed E-state index contributed by atoms with van der Waals surface area (Å²) in [4.78, 5) is 15.4. The third kappa shape index (κ3) is 1.87. The summed E-state index contributed by atoms with van der Waals surface area (Å²) >= 11 is 3.52. The fourth-order valence-corrected chi connectivity index (χ4v) is 3.30. The van der Waals surface area contributed by atoms with E-state index in [9.17, 15) is 4.79 Å². The number of hydrogen-bond acceptors (Lipinski definition) is 4. The number of H-pyrrole nitrogens is 1. The van der Waals surface area contributed by atoms with Crippen LogP contribution in [0.2, 0.25) is 0 Å². The van der Waals surface area contributed by atoms with Crippen molar-refractivity contribution in [3.63, 3.8) is 0 Å². The highest BCUT2D eigenvalue weighted by Gasteiger charge is 2.30. The maximum absolute atomic E-state index is 12.2. The Kier molecular flexibility index (Phi) is 2.63. The number of nitrogens with one attached hydrogen (secondary N) is 1. The number of fused-ring (bicyclic) bond motifs is 1. The molecule has 0 bridgehead atoms. The first-order chi connectivity index (χ1) is 10.1. The van der Waals surface area contributed by atoms with E-state index in [-0.39, 0.29) is 5.56 Å². The first-order valence-electron chi connectivity index (χ1n) is 6.77. The second-order valence-electron chi connectivity index (χ2n) is 5.49. The van der Waals surface area contributed by atoms with Crippen molar-refractivity contribution in [1.29, 1.82) is 0 Å². The standard InChI is InChI=1S/C14H13BrN4O2/c1-6-9(13-18-17-12(21-13)7-3-4-7)10-8(15)5-19(2)14(20)11(10)16-6/h5,7,16H,3-4H2,1-2H3. The van der Waals surface area contributed by atoms with Gasteiger partial charge < -0.3 is 14.0 Å². The molecule has 1 aliphatic rings. The molecule has 7 heteroatoms. The van der Waals surface area contributed by atoms with Crippen LogP contribution in [-0.4, -0.2) is 19.7 Å². The highest BCUT2D eigenvalue weighted by molar-refractivity contribution is 9.10. The molecule has 0 aromatic carbocycles. The smallest absolute Gasteiger partial charge is 0.274 e. The monoisotopic (exact) mass is 348 g/mol. The molecule has 4 rings (SSSR count). The van der Waals surface area contributed by atoms with Gasteiger partial charge in [0.15, 0.2) is 0 Å². The van der Waals surface area contributed by atoms with Crippen molar-refractivity contribution in [3.8, 4) is 11.5 Å². The summed E-state index contributed by atoms with van der Waals surface area (Å²) in [6, 6.07) is 0. The van der Waals surface area contributed by atoms with Crippen molar-refractivity contribution in [1.82, 2.24) is 19.7 Å². The molecule has 0 radical (unpaired) electrons. The van der Waals surface area contributed by atoms with Gasteiger partial charge in [0, 0.05) is 34.7 Å². The van der Waals surface area contributed by atoms with Gasteiger partial charge in [0.2, 0.25) is 11.8 Å². The molecule has 0 saturated heterocycles. The second-order valence-corrected chi connectivity index (χ2v) is 6.34. The number of rotatable bonds is 2. The molecule has 3 aromatic heterocycles. The Morgan fingerprint density at radius 1 is 1.43 bits per heavy atom. The Hall–Kier alpha value is -1.89. The van der Waals surface area contributed by atoms with Crippen LogP contribution >= 0.6 is 15.9 Å². The van der Waals surface area contributed by atoms with E-state index in [1.165, 1.54) is 4.57 Å². The lowest BCUT2D eigenvalue weighted by Crippen LogP contribution is -2.16. The molecule has 1 saturated carbocycles. The Bertz CT molecular complexity index is 917. The fourth-order valence-electron chi connectivity index (χ4n) is 2.59. The van der Waals surface area contributed by atoms with Crippen molar-refractivity contribution >= 4 is 26.8 Å². The molecule has 0 atom stereocenters. The van der Waals surface area contributed by atoms with Crippen molar-refractivity contribution in [2.45, 2.75) is 25.7 Å². The van der Waals surface area contributed by atoms with Crippen molar-refractivity contribution in [2.24, 2.45) is 7.05 Å². The van der Waals surface area contributed by atoms with E-state index in [4.69, 9.17) is 4.42 Å². The minimum atomic E-state index is -0.0792. The van der Waals surface area contributed by atoms with Crippen molar-refractivity contribution < 1.29 is 4.42 Å². The van der Waals surface area contributed by atoms with Gasteiger partial charge in [-0.2, -0.15) is 0 Å². The van der Waals surface area contributed by atoms with Crippen LogP contribution in [0.5, 0.6) is 0 Å². The zero-order valence-electron chi connectivity index (χ0n) is 11.6. The average Bonchev–Trinajstić information content (AvgIpc) is 3.07. The number of aromatic nitrogens is 4. The van der Waals surface area contributed by atoms with E-state index in [2.05, 4.69) is 31.1 Å². The molecule has 108 valence electrons. The van der Waals surface area contributed by atoms with E-state index in [1.54, 1.807) is 13.2 Å². The summed E-state index contributed by atoms with van der Waals surface area (Å²) in [7, 11) is 1.72. The first-order valence-corrected chi connectivity index (χ1v) is 7.56. The average molecular weight is 349 g/mol. The van der Waals surface area contributed by atoms with Crippen LogP contribution in [0.15, 0.2) is 19.9 Å². The summed E-state index contributed by atoms with van der Waals surface area (Å²) in [6.45, 7) is 1.90. The van der Waals surface area contributed by atoms with Crippen LogP contribution in [0.25, 0.3) is 22.4 Å². The van der Waals surface area contributed by atoms with E-state index in [1.807, 2.05) is 6.92 Å². The van der Waals surface area contributed by atoms with E-state index in [0.29, 0.717) is 23.2 Å². The first kappa shape index (κ1) is 12.8. The van der Waals surface area contributed by atoms with Gasteiger partial charge in [-0.25, -0.2) is 0 Å². The van der Waals surface area contributed by atoms with Crippen LogP contribution in [0.4, 0.5) is 0 Å². The molecule has 1 aliphatic carbocycles. The third-order valence-corrected chi connectivity index (χ3v) is 4.45. The summed E-state index contributed by atoms with van der Waals surface area (Å²) in [6.07, 6.45) is 3.97. The Labute approximate surface area is 128 Å². The molecular weight excluding hydrogens is 336 g/mol. The largest absolute Gasteiger partial charge is 0.420 e. The molecule has 21 heavy (non-hydrogen) atoms. The molecule has 1 N–H and O–H groups in total. The molecular formula is C14H13BrN4O2. The van der Waals surface area contributed by atoms with E-state index >= 15 is 0 Å². The Morgan fingerprint density at radius 2 is 2.19 bits per heavy atom. The third-order valence-electron chi connectivity index (χ3n) is 3.85. The number of aromatic amines is 1. The maximum atomic E-state index is 12.2. The highest BCUT2D eigenvalue weighted by Crippen LogP contribution is 2.41. The number of aryl methyl sites for hydroxylation is 2. The van der Waals surface area contributed by atoms with Gasteiger partial charge in [-0.1, -0.05) is 0 Å². The predicted molar refractivity (Wildman–Crippen MR) is 81.2 cm³/mol. The van der Waals surface area contributed by atoms with Crippen LogP contribution in [0.1, 0.15) is 30.3 Å². The zero-order valence-corrected chi connectivity index (χ0v) is 13.2. The molecule has 0 unspecified atom stereocenters. The van der Waals surface area contributed by atoms with Gasteiger partial charge in [0.25, 0.3) is 5.56 Å². The van der Waals surface area contributed by atoms with E-state index in [0.717, 1.165) is 34.0 Å². The molecule has 0 spiro atoms. The van der Waals surface area contributed by atoms with Gasteiger partial charge in [-0.3, -0.25) is 4.79 Å². The summed E-state index contributed by atoms with van der Waals surface area (Å²) in [5.41, 5.74) is 2.11. The van der Waals surface area contributed by atoms with Crippen LogP contribution in [-0.2, 0) is 7.05 Å². The zero-order chi connectivity index (χ0) is 14.7. The number of hydrogen-bond donors (Lipinski definition) is 1. The van der Waals surface area contributed by atoms with Gasteiger partial charge in [0.1, 0.15) is 5.52 Å². The van der Waals surface area contributed by atoms with Crippen LogP contribution in [0.3, 0.4) is 0 Å². The second kappa shape index (κ2) is 4.30. The number of nitrogens with zero attached hydrogens (tertiary/aromatic N) is 3. The van der Waals surface area contributed by atoms with Crippen LogP contribution in [0, 0.1) is 6.92 Å². The lowest BCUT2D eigenvalue weighted by molar-refractivity contribution is 0.508. The minimum Gasteiger partial charge on any atom is -0.420 e. The van der Waals surface area contributed by atoms with Crippen molar-refractivity contribution in [2.75, 3.05) is 0 Å². The molecule has 3 aromatic rings. The molecule has 1 fully saturated rings. The Balaban J connectivity index is 2.01. The summed E-state index contributed by atoms with van der Waals surface area (Å²) in [5.74, 6) is 1.57. The molecule has 6 nitrogen and oxygen atoms in total.